The smallest absolute Gasteiger partial charge is 0.0622 e. The summed E-state index contributed by atoms with van der Waals surface area (Å²) in [4.78, 5) is 2.48. The van der Waals surface area contributed by atoms with Crippen molar-refractivity contribution in [2.24, 2.45) is 0 Å². The molecule has 0 amide bonds. The van der Waals surface area contributed by atoms with Crippen molar-refractivity contribution in [1.82, 2.24) is 4.40 Å². The number of benzene rings is 8. The van der Waals surface area contributed by atoms with Crippen molar-refractivity contribution < 1.29 is 0 Å². The number of anilines is 3. The average molecular weight is 783 g/mol. The number of rotatable bonds is 5. The first-order valence-electron chi connectivity index (χ1n) is 21.6. The van der Waals surface area contributed by atoms with E-state index in [1.165, 1.54) is 99.6 Å². The van der Waals surface area contributed by atoms with E-state index in [0.29, 0.717) is 0 Å². The van der Waals surface area contributed by atoms with Crippen molar-refractivity contribution in [3.63, 3.8) is 0 Å². The van der Waals surface area contributed by atoms with E-state index in [2.05, 4.69) is 232 Å². The van der Waals surface area contributed by atoms with Crippen LogP contribution in [0, 0.1) is 6.92 Å². The molecule has 0 fully saturated rings. The molecule has 12 rings (SSSR count). The first-order chi connectivity index (χ1) is 29.7. The zero-order chi connectivity index (χ0) is 41.2. The Labute approximate surface area is 358 Å². The molecule has 292 valence electrons. The van der Waals surface area contributed by atoms with E-state index in [0.717, 1.165) is 17.1 Å². The maximum Gasteiger partial charge on any atom is 0.0622 e. The number of hydrogen-bond donors (Lipinski definition) is 0. The van der Waals surface area contributed by atoms with Crippen LogP contribution in [-0.4, -0.2) is 4.40 Å². The Kier molecular flexibility index (Phi) is 7.57. The number of pyridine rings is 1. The molecule has 0 saturated carbocycles. The summed E-state index contributed by atoms with van der Waals surface area (Å²) in [7, 11) is 0. The number of nitrogens with zero attached hydrogens (tertiary/aromatic N) is 2. The van der Waals surface area contributed by atoms with Crippen LogP contribution in [0.5, 0.6) is 0 Å². The van der Waals surface area contributed by atoms with Gasteiger partial charge in [-0.3, -0.25) is 0 Å². The zero-order valence-corrected chi connectivity index (χ0v) is 35.3. The van der Waals surface area contributed by atoms with Crippen LogP contribution < -0.4 is 4.90 Å². The van der Waals surface area contributed by atoms with Crippen molar-refractivity contribution in [2.75, 3.05) is 4.90 Å². The minimum absolute atomic E-state index is 0.115. The molecule has 0 unspecified atom stereocenters. The van der Waals surface area contributed by atoms with E-state index in [1.54, 1.807) is 0 Å². The molecule has 2 heteroatoms. The molecule has 10 aromatic rings. The minimum Gasteiger partial charge on any atom is -0.310 e. The summed E-state index contributed by atoms with van der Waals surface area (Å²) in [5.74, 6) is 0. The van der Waals surface area contributed by atoms with Gasteiger partial charge in [-0.15, -0.1) is 0 Å². The lowest BCUT2D eigenvalue weighted by molar-refractivity contribution is 0.660. The summed E-state index contributed by atoms with van der Waals surface area (Å²) in [6.45, 7) is 11.8. The standard InChI is InChI=1S/C59H46N2/c1-37-55(38-17-7-6-8-18-38)57-49-23-10-9-19-43(49)48-22-13-16-26-54(48)61(57)56(37)39-27-29-40(30-28-39)60(41-31-33-46-44-20-11-14-24-50(44)58(2,3)52(46)35-41)42-32-34-47-45-21-12-15-25-51(45)59(4,5)53(47)36-42/h6-36H,1-5H3. The minimum atomic E-state index is -0.115. The molecular weight excluding hydrogens is 737 g/mol. The molecule has 8 aromatic carbocycles. The molecule has 0 spiro atoms. The highest BCUT2D eigenvalue weighted by Gasteiger charge is 2.38. The van der Waals surface area contributed by atoms with Gasteiger partial charge in [-0.2, -0.15) is 0 Å². The van der Waals surface area contributed by atoms with Crippen LogP contribution in [0.3, 0.4) is 0 Å². The van der Waals surface area contributed by atoms with Crippen LogP contribution in [0.1, 0.15) is 55.5 Å². The van der Waals surface area contributed by atoms with Crippen molar-refractivity contribution in [2.45, 2.75) is 45.4 Å². The molecular formula is C59H46N2. The largest absolute Gasteiger partial charge is 0.310 e. The molecule has 61 heavy (non-hydrogen) atoms. The predicted octanol–water partition coefficient (Wildman–Crippen LogP) is 16.0. The zero-order valence-electron chi connectivity index (χ0n) is 35.3. The van der Waals surface area contributed by atoms with E-state index in [4.69, 9.17) is 0 Å². The molecule has 0 N–H and O–H groups in total. The normalized spacial score (nSPS) is 14.2. The predicted molar refractivity (Wildman–Crippen MR) is 258 cm³/mol. The SMILES string of the molecule is Cc1c(-c2ccccc2)c2c3ccccc3c3ccccc3n2c1-c1ccc(N(c2ccc3c(c2)C(C)(C)c2ccccc2-3)c2ccc3c(c2)C(C)(C)c2ccccc2-3)cc1. The molecule has 2 aliphatic rings. The van der Waals surface area contributed by atoms with Gasteiger partial charge in [0, 0.05) is 44.2 Å². The second-order valence-corrected chi connectivity index (χ2v) is 18.1. The maximum absolute atomic E-state index is 2.53. The molecule has 2 aliphatic carbocycles. The Balaban J connectivity index is 1.07. The van der Waals surface area contributed by atoms with Gasteiger partial charge in [-0.25, -0.2) is 0 Å². The van der Waals surface area contributed by atoms with Gasteiger partial charge >= 0.3 is 0 Å². The highest BCUT2D eigenvalue weighted by molar-refractivity contribution is 6.17. The van der Waals surface area contributed by atoms with Gasteiger partial charge < -0.3 is 9.30 Å². The van der Waals surface area contributed by atoms with Gasteiger partial charge in [0.25, 0.3) is 0 Å². The van der Waals surface area contributed by atoms with Crippen LogP contribution >= 0.6 is 0 Å². The third-order valence-electron chi connectivity index (χ3n) is 14.1. The van der Waals surface area contributed by atoms with Crippen LogP contribution in [0.25, 0.3) is 71.8 Å². The average Bonchev–Trinajstić information content (AvgIpc) is 3.83. The van der Waals surface area contributed by atoms with Crippen molar-refractivity contribution in [3.05, 3.63) is 216 Å². The lowest BCUT2D eigenvalue weighted by Crippen LogP contribution is -2.18. The fraction of sp³-hybridized carbons (Fsp3) is 0.119. The Hall–Kier alpha value is -7.16. The second kappa shape index (κ2) is 12.9. The van der Waals surface area contributed by atoms with E-state index in [9.17, 15) is 0 Å². The first-order valence-corrected chi connectivity index (χ1v) is 21.6. The lowest BCUT2D eigenvalue weighted by Gasteiger charge is -2.30. The number of fused-ring (bicyclic) bond motifs is 12. The van der Waals surface area contributed by atoms with E-state index >= 15 is 0 Å². The van der Waals surface area contributed by atoms with E-state index < -0.39 is 0 Å². The quantitative estimate of drug-likeness (QED) is 0.158. The molecule has 0 radical (unpaired) electrons. The number of hydrogen-bond acceptors (Lipinski definition) is 1. The summed E-state index contributed by atoms with van der Waals surface area (Å²) in [6, 6.07) is 70.2. The first kappa shape index (κ1) is 35.8. The second-order valence-electron chi connectivity index (χ2n) is 18.1. The summed E-state index contributed by atoms with van der Waals surface area (Å²) >= 11 is 0. The monoisotopic (exact) mass is 782 g/mol. The fourth-order valence-electron chi connectivity index (χ4n) is 11.2. The van der Waals surface area contributed by atoms with E-state index in [1.807, 2.05) is 0 Å². The third-order valence-corrected chi connectivity index (χ3v) is 14.1. The summed E-state index contributed by atoms with van der Waals surface area (Å²) in [6.07, 6.45) is 0. The van der Waals surface area contributed by atoms with Gasteiger partial charge in [0.05, 0.1) is 16.7 Å². The third kappa shape index (κ3) is 5.03. The Morgan fingerprint density at radius 3 is 1.48 bits per heavy atom. The molecule has 0 atom stereocenters. The van der Waals surface area contributed by atoms with Gasteiger partial charge in [-0.05, 0) is 116 Å². The van der Waals surface area contributed by atoms with Crippen LogP contribution in [0.4, 0.5) is 17.1 Å². The van der Waals surface area contributed by atoms with Crippen molar-refractivity contribution in [1.29, 1.82) is 0 Å². The van der Waals surface area contributed by atoms with Crippen LogP contribution in [0.2, 0.25) is 0 Å². The van der Waals surface area contributed by atoms with Crippen molar-refractivity contribution in [3.8, 4) is 44.6 Å². The molecule has 2 nitrogen and oxygen atoms in total. The molecule has 0 bridgehead atoms. The highest BCUT2D eigenvalue weighted by atomic mass is 15.1. The summed E-state index contributed by atoms with van der Waals surface area (Å²) < 4.78 is 2.53. The fourth-order valence-corrected chi connectivity index (χ4v) is 11.2. The summed E-state index contributed by atoms with van der Waals surface area (Å²) in [5.41, 5.74) is 22.7. The Morgan fingerprint density at radius 2 is 0.869 bits per heavy atom. The lowest BCUT2D eigenvalue weighted by atomic mass is 9.82. The Bertz CT molecular complexity index is 3310. The van der Waals surface area contributed by atoms with Crippen LogP contribution in [-0.2, 0) is 10.8 Å². The van der Waals surface area contributed by atoms with Crippen molar-refractivity contribution >= 4 is 44.3 Å². The molecule has 2 heterocycles. The van der Waals surface area contributed by atoms with Gasteiger partial charge in [0.15, 0.2) is 0 Å². The number of para-hydroxylation sites is 1. The van der Waals surface area contributed by atoms with E-state index in [-0.39, 0.29) is 10.8 Å². The highest BCUT2D eigenvalue weighted by Crippen LogP contribution is 2.53. The topological polar surface area (TPSA) is 7.65 Å². The molecule has 0 aliphatic heterocycles. The molecule has 0 saturated heterocycles. The van der Waals surface area contributed by atoms with Gasteiger partial charge in [0.2, 0.25) is 0 Å². The summed E-state index contributed by atoms with van der Waals surface area (Å²) in [5, 5.41) is 3.80. The van der Waals surface area contributed by atoms with Gasteiger partial charge in [-0.1, -0.05) is 173 Å². The Morgan fingerprint density at radius 1 is 0.393 bits per heavy atom. The molecule has 2 aromatic heterocycles. The number of aromatic nitrogens is 1. The van der Waals surface area contributed by atoms with Gasteiger partial charge in [0.1, 0.15) is 0 Å². The van der Waals surface area contributed by atoms with Crippen LogP contribution in [0.15, 0.2) is 188 Å². The maximum atomic E-state index is 2.53.